The number of rotatable bonds is 6. The van der Waals surface area contributed by atoms with Crippen molar-refractivity contribution in [3.05, 3.63) is 0 Å². The Balaban J connectivity index is 1.10. The van der Waals surface area contributed by atoms with E-state index in [-0.39, 0.29) is 0 Å². The molecule has 0 aliphatic heterocycles. The van der Waals surface area contributed by atoms with Crippen molar-refractivity contribution >= 4 is 5.78 Å². The van der Waals surface area contributed by atoms with E-state index in [9.17, 15) is 4.79 Å². The largest absolute Gasteiger partial charge is 0.379 e. The van der Waals surface area contributed by atoms with Gasteiger partial charge in [0.1, 0.15) is 6.17 Å². The summed E-state index contributed by atoms with van der Waals surface area (Å²) in [6.45, 7) is 5.81. The Kier molecular flexibility index (Phi) is 7.76. The van der Waals surface area contributed by atoms with Crippen LogP contribution in [0.5, 0.6) is 0 Å². The number of Topliss-reactive ketones (excluding diaryl/α,β-unsaturated/α-hetero) is 1. The van der Waals surface area contributed by atoms with E-state index in [0.29, 0.717) is 29.8 Å². The summed E-state index contributed by atoms with van der Waals surface area (Å²) in [5, 5.41) is 0. The van der Waals surface area contributed by atoms with Crippen LogP contribution in [-0.2, 0) is 14.3 Å². The predicted octanol–water partition coefficient (Wildman–Crippen LogP) is 7.45. The molecule has 5 rings (SSSR count). The van der Waals surface area contributed by atoms with Crippen LogP contribution >= 0.6 is 0 Å². The Morgan fingerprint density at radius 1 is 0.618 bits per heavy atom. The van der Waals surface area contributed by atoms with Gasteiger partial charge in [-0.05, 0) is 140 Å². The lowest BCUT2D eigenvalue weighted by Gasteiger charge is -2.62. The Hall–Kier alpha value is -0.480. The zero-order chi connectivity index (χ0) is 23.8. The third-order valence-electron chi connectivity index (χ3n) is 11.3. The van der Waals surface area contributed by atoms with Crippen molar-refractivity contribution in [1.82, 2.24) is 0 Å². The summed E-state index contributed by atoms with van der Waals surface area (Å²) in [4.78, 5) is 13.6. The fourth-order valence-electron chi connectivity index (χ4n) is 9.32. The molecule has 5 fully saturated rings. The molecule has 3 nitrogen and oxygen atoms in total. The molecule has 0 aromatic heterocycles. The molecule has 0 atom stereocenters. The SMILES string of the molecule is CCO[C@H]1CC[C@H](C2CCC3(CC2)C(=O)C2(CCC([C@H]4CC[C@H](OCC)CC4)CC2)C3F)CC1. The molecule has 2 spiro atoms. The number of carbonyl (C=O) groups is 1. The highest BCUT2D eigenvalue weighted by Crippen LogP contribution is 2.66. The van der Waals surface area contributed by atoms with Crippen molar-refractivity contribution < 1.29 is 18.7 Å². The summed E-state index contributed by atoms with van der Waals surface area (Å²) in [6, 6.07) is 0. The molecule has 34 heavy (non-hydrogen) atoms. The topological polar surface area (TPSA) is 35.5 Å². The van der Waals surface area contributed by atoms with Crippen LogP contribution in [0.25, 0.3) is 0 Å². The van der Waals surface area contributed by atoms with E-state index >= 15 is 4.39 Å². The van der Waals surface area contributed by atoms with E-state index in [1.807, 2.05) is 0 Å². The molecular formula is C30H49FO3. The Morgan fingerprint density at radius 2 is 0.941 bits per heavy atom. The Labute approximate surface area is 207 Å². The van der Waals surface area contributed by atoms with Gasteiger partial charge in [0.2, 0.25) is 0 Å². The molecule has 0 aromatic rings. The summed E-state index contributed by atoms with van der Waals surface area (Å²) >= 11 is 0. The average Bonchev–Trinajstić information content (AvgIpc) is 2.89. The second-order valence-corrected chi connectivity index (χ2v) is 12.7. The molecule has 0 saturated heterocycles. The third kappa shape index (κ3) is 4.42. The van der Waals surface area contributed by atoms with Gasteiger partial charge in [-0.1, -0.05) is 0 Å². The highest BCUT2D eigenvalue weighted by Gasteiger charge is 2.71. The van der Waals surface area contributed by atoms with Crippen molar-refractivity contribution in [3.8, 4) is 0 Å². The first-order chi connectivity index (χ1) is 16.5. The first-order valence-corrected chi connectivity index (χ1v) is 14.9. The standard InChI is InChI=1S/C30H49FO3/c1-3-33-25-9-5-21(6-10-25)23-13-17-29(18-14-23)27(31)30(28(29)32)19-15-24(16-20-30)22-7-11-26(12-8-22)34-4-2/h21-27H,3-20H2,1-2H3/t21-,22-,23?,24?,25-,26-,27?,29?,30?. The lowest BCUT2D eigenvalue weighted by Crippen LogP contribution is -2.69. The second kappa shape index (κ2) is 10.5. The number of ketones is 1. The summed E-state index contributed by atoms with van der Waals surface area (Å²) in [5.41, 5.74) is -1.22. The Morgan fingerprint density at radius 3 is 1.24 bits per heavy atom. The molecule has 5 aliphatic rings. The van der Waals surface area contributed by atoms with Gasteiger partial charge in [0.25, 0.3) is 0 Å². The normalized spacial score (nSPS) is 47.6. The van der Waals surface area contributed by atoms with Gasteiger partial charge < -0.3 is 9.47 Å². The molecular weight excluding hydrogens is 427 g/mol. The summed E-state index contributed by atoms with van der Waals surface area (Å²) < 4.78 is 27.7. The van der Waals surface area contributed by atoms with Crippen LogP contribution in [0.2, 0.25) is 0 Å². The maximum atomic E-state index is 16.0. The molecule has 0 bridgehead atoms. The number of halogens is 1. The predicted molar refractivity (Wildman–Crippen MR) is 133 cm³/mol. The highest BCUT2D eigenvalue weighted by atomic mass is 19.1. The fraction of sp³-hybridized carbons (Fsp3) is 0.967. The molecule has 5 aliphatic carbocycles. The van der Waals surface area contributed by atoms with Crippen LogP contribution in [0, 0.1) is 34.5 Å². The zero-order valence-corrected chi connectivity index (χ0v) is 21.9. The van der Waals surface area contributed by atoms with E-state index in [1.165, 1.54) is 51.4 Å². The van der Waals surface area contributed by atoms with Crippen LogP contribution < -0.4 is 0 Å². The second-order valence-electron chi connectivity index (χ2n) is 12.7. The summed E-state index contributed by atoms with van der Waals surface area (Å²) in [6.07, 6.45) is 17.3. The van der Waals surface area contributed by atoms with Crippen molar-refractivity contribution in [3.63, 3.8) is 0 Å². The molecule has 0 unspecified atom stereocenters. The molecule has 0 N–H and O–H groups in total. The molecule has 194 valence electrons. The number of alkyl halides is 1. The van der Waals surface area contributed by atoms with Gasteiger partial charge in [0, 0.05) is 13.2 Å². The van der Waals surface area contributed by atoms with E-state index in [2.05, 4.69) is 13.8 Å². The van der Waals surface area contributed by atoms with E-state index < -0.39 is 17.0 Å². The average molecular weight is 477 g/mol. The van der Waals surface area contributed by atoms with Gasteiger partial charge in [0.15, 0.2) is 5.78 Å². The highest BCUT2D eigenvalue weighted by molar-refractivity contribution is 5.98. The van der Waals surface area contributed by atoms with E-state index in [1.54, 1.807) is 0 Å². The number of hydrogen-bond acceptors (Lipinski definition) is 3. The van der Waals surface area contributed by atoms with Gasteiger partial charge >= 0.3 is 0 Å². The number of hydrogen-bond donors (Lipinski definition) is 0. The first kappa shape index (κ1) is 25.2. The van der Waals surface area contributed by atoms with E-state index in [0.717, 1.165) is 76.4 Å². The lowest BCUT2D eigenvalue weighted by molar-refractivity contribution is -0.195. The maximum absolute atomic E-state index is 16.0. The fourth-order valence-corrected chi connectivity index (χ4v) is 9.32. The van der Waals surface area contributed by atoms with Gasteiger partial charge in [-0.2, -0.15) is 0 Å². The molecule has 0 heterocycles. The molecule has 0 amide bonds. The minimum atomic E-state index is -0.878. The van der Waals surface area contributed by atoms with Gasteiger partial charge in [-0.25, -0.2) is 4.39 Å². The third-order valence-corrected chi connectivity index (χ3v) is 11.3. The minimum Gasteiger partial charge on any atom is -0.379 e. The van der Waals surface area contributed by atoms with Crippen molar-refractivity contribution in [2.45, 2.75) is 135 Å². The minimum absolute atomic E-state index is 0.338. The molecule has 0 radical (unpaired) electrons. The number of carbonyl (C=O) groups excluding carboxylic acids is 1. The summed E-state index contributed by atoms with van der Waals surface area (Å²) in [5.74, 6) is 3.28. The number of ether oxygens (including phenoxy) is 2. The van der Waals surface area contributed by atoms with Crippen LogP contribution in [0.4, 0.5) is 4.39 Å². The van der Waals surface area contributed by atoms with Crippen LogP contribution in [0.3, 0.4) is 0 Å². The molecule has 4 heteroatoms. The van der Waals surface area contributed by atoms with Crippen LogP contribution in [0.1, 0.15) is 117 Å². The summed E-state index contributed by atoms with van der Waals surface area (Å²) in [7, 11) is 0. The quantitative estimate of drug-likeness (QED) is 0.399. The lowest BCUT2D eigenvalue weighted by atomic mass is 9.41. The van der Waals surface area contributed by atoms with Gasteiger partial charge in [0.05, 0.1) is 23.0 Å². The molecule has 5 saturated carbocycles. The van der Waals surface area contributed by atoms with Crippen LogP contribution in [-0.4, -0.2) is 37.4 Å². The Bertz CT molecular complexity index is 619. The van der Waals surface area contributed by atoms with Crippen LogP contribution in [0.15, 0.2) is 0 Å². The van der Waals surface area contributed by atoms with Crippen molar-refractivity contribution in [2.24, 2.45) is 34.5 Å². The first-order valence-electron chi connectivity index (χ1n) is 14.9. The van der Waals surface area contributed by atoms with Crippen molar-refractivity contribution in [2.75, 3.05) is 13.2 Å². The zero-order valence-electron chi connectivity index (χ0n) is 21.9. The van der Waals surface area contributed by atoms with Gasteiger partial charge in [-0.3, -0.25) is 4.79 Å². The maximum Gasteiger partial charge on any atom is 0.151 e. The van der Waals surface area contributed by atoms with Crippen molar-refractivity contribution in [1.29, 1.82) is 0 Å². The smallest absolute Gasteiger partial charge is 0.151 e. The monoisotopic (exact) mass is 476 g/mol. The van der Waals surface area contributed by atoms with Gasteiger partial charge in [-0.15, -0.1) is 0 Å². The molecule has 0 aromatic carbocycles. The van der Waals surface area contributed by atoms with E-state index in [4.69, 9.17) is 9.47 Å².